The molecule has 7 nitrogen and oxygen atoms in total. The number of esters is 1. The first-order valence-electron chi connectivity index (χ1n) is 12.3. The quantitative estimate of drug-likeness (QED) is 0.574. The molecule has 34 heavy (non-hydrogen) atoms. The van der Waals surface area contributed by atoms with Crippen LogP contribution in [0.3, 0.4) is 0 Å². The van der Waals surface area contributed by atoms with E-state index < -0.39 is 5.60 Å². The maximum Gasteiger partial charge on any atom is 0.355 e. The molecule has 7 heteroatoms. The van der Waals surface area contributed by atoms with Gasteiger partial charge in [-0.1, -0.05) is 12.1 Å². The zero-order valence-electron chi connectivity index (χ0n) is 22.0. The molecule has 1 saturated heterocycles. The first kappa shape index (κ1) is 24.5. The van der Waals surface area contributed by atoms with Gasteiger partial charge in [-0.3, -0.25) is 9.58 Å². The number of ether oxygens (including phenoxy) is 1. The van der Waals surface area contributed by atoms with E-state index in [0.29, 0.717) is 5.69 Å². The summed E-state index contributed by atoms with van der Waals surface area (Å²) < 4.78 is 10.1. The number of hydrogen-bond acceptors (Lipinski definition) is 5. The van der Waals surface area contributed by atoms with Gasteiger partial charge in [0.05, 0.1) is 11.2 Å². The molecule has 1 aliphatic rings. The zero-order chi connectivity index (χ0) is 24.8. The third kappa shape index (κ3) is 4.51. The molecule has 1 aliphatic heterocycles. The van der Waals surface area contributed by atoms with Gasteiger partial charge in [0.2, 0.25) is 0 Å². The van der Waals surface area contributed by atoms with E-state index in [1.54, 1.807) is 0 Å². The van der Waals surface area contributed by atoms with E-state index in [2.05, 4.69) is 47.7 Å². The van der Waals surface area contributed by atoms with Crippen molar-refractivity contribution in [2.75, 3.05) is 32.7 Å². The van der Waals surface area contributed by atoms with Crippen LogP contribution < -0.4 is 5.32 Å². The standard InChI is InChI=1S/C27H39N5O2/c1-17-9-10-21-18(2)24(26(33)34-27(5,6)7)32(16-15-31-13-11-28-12-14-31)25(21)22(17)23-19(3)29-30(8)20(23)4/h9-10,28H,11-16H2,1-8H3. The maximum atomic E-state index is 13.5. The van der Waals surface area contributed by atoms with Gasteiger partial charge in [-0.05, 0) is 59.6 Å². The molecule has 0 atom stereocenters. The van der Waals surface area contributed by atoms with Gasteiger partial charge in [-0.25, -0.2) is 4.79 Å². The molecule has 0 amide bonds. The number of fused-ring (bicyclic) bond motifs is 1. The van der Waals surface area contributed by atoms with Crippen LogP contribution in [0.4, 0.5) is 0 Å². The van der Waals surface area contributed by atoms with Gasteiger partial charge in [-0.15, -0.1) is 0 Å². The molecule has 3 heterocycles. The summed E-state index contributed by atoms with van der Waals surface area (Å²) in [6.07, 6.45) is 0. The molecule has 0 aliphatic carbocycles. The number of aromatic nitrogens is 3. The predicted octanol–water partition coefficient (Wildman–Crippen LogP) is 4.14. The second kappa shape index (κ2) is 9.19. The van der Waals surface area contributed by atoms with Crippen LogP contribution in [0, 0.1) is 27.7 Å². The molecule has 1 fully saturated rings. The summed E-state index contributed by atoms with van der Waals surface area (Å²) in [5.74, 6) is -0.259. The van der Waals surface area contributed by atoms with Gasteiger partial charge in [0.1, 0.15) is 11.3 Å². The topological polar surface area (TPSA) is 64.3 Å². The van der Waals surface area contributed by atoms with Gasteiger partial charge < -0.3 is 14.6 Å². The Balaban J connectivity index is 1.95. The highest BCUT2D eigenvalue weighted by atomic mass is 16.6. The second-order valence-corrected chi connectivity index (χ2v) is 10.5. The smallest absolute Gasteiger partial charge is 0.355 e. The van der Waals surface area contributed by atoms with Crippen LogP contribution in [0.2, 0.25) is 0 Å². The summed E-state index contributed by atoms with van der Waals surface area (Å²) >= 11 is 0. The van der Waals surface area contributed by atoms with Gasteiger partial charge in [-0.2, -0.15) is 5.10 Å². The molecule has 1 N–H and O–H groups in total. The van der Waals surface area contributed by atoms with E-state index in [1.807, 2.05) is 39.4 Å². The van der Waals surface area contributed by atoms with Crippen molar-refractivity contribution in [1.29, 1.82) is 0 Å². The third-order valence-electron chi connectivity index (χ3n) is 6.89. The number of hydrogen-bond donors (Lipinski definition) is 1. The Kier molecular flexibility index (Phi) is 6.62. The van der Waals surface area contributed by atoms with E-state index in [-0.39, 0.29) is 5.97 Å². The van der Waals surface area contributed by atoms with Crippen molar-refractivity contribution in [3.8, 4) is 11.1 Å². The fraction of sp³-hybridized carbons (Fsp3) is 0.556. The van der Waals surface area contributed by atoms with E-state index in [9.17, 15) is 4.79 Å². The second-order valence-electron chi connectivity index (χ2n) is 10.5. The average Bonchev–Trinajstić information content (AvgIpc) is 3.18. The Morgan fingerprint density at radius 1 is 1.06 bits per heavy atom. The molecule has 0 bridgehead atoms. The molecule has 0 unspecified atom stereocenters. The maximum absolute atomic E-state index is 13.5. The summed E-state index contributed by atoms with van der Waals surface area (Å²) in [7, 11) is 1.99. The van der Waals surface area contributed by atoms with E-state index >= 15 is 0 Å². The molecule has 184 valence electrons. The van der Waals surface area contributed by atoms with Crippen molar-refractivity contribution in [3.05, 3.63) is 40.3 Å². The summed E-state index contributed by atoms with van der Waals surface area (Å²) in [5.41, 5.74) is 7.81. The molecule has 2 aromatic heterocycles. The fourth-order valence-electron chi connectivity index (χ4n) is 5.16. The molecular formula is C27H39N5O2. The lowest BCUT2D eigenvalue weighted by molar-refractivity contribution is 0.00567. The number of rotatable bonds is 5. The van der Waals surface area contributed by atoms with E-state index in [1.165, 1.54) is 11.1 Å². The number of aryl methyl sites for hydroxylation is 4. The number of piperazine rings is 1. The third-order valence-corrected chi connectivity index (χ3v) is 6.89. The van der Waals surface area contributed by atoms with Crippen LogP contribution in [-0.4, -0.2) is 63.5 Å². The van der Waals surface area contributed by atoms with Crippen molar-refractivity contribution in [2.45, 2.75) is 60.6 Å². The number of nitrogens with zero attached hydrogens (tertiary/aromatic N) is 4. The largest absolute Gasteiger partial charge is 0.455 e. The highest BCUT2D eigenvalue weighted by molar-refractivity contribution is 6.05. The summed E-state index contributed by atoms with van der Waals surface area (Å²) in [4.78, 5) is 16.0. The number of carbonyl (C=O) groups is 1. The molecule has 3 aromatic rings. The predicted molar refractivity (Wildman–Crippen MR) is 138 cm³/mol. The van der Waals surface area contributed by atoms with Crippen molar-refractivity contribution >= 4 is 16.9 Å². The lowest BCUT2D eigenvalue weighted by Gasteiger charge is -2.28. The van der Waals surface area contributed by atoms with Gasteiger partial charge in [0.15, 0.2) is 0 Å². The van der Waals surface area contributed by atoms with Crippen molar-refractivity contribution in [3.63, 3.8) is 0 Å². The Labute approximate surface area is 203 Å². The van der Waals surface area contributed by atoms with Crippen molar-refractivity contribution < 1.29 is 9.53 Å². The molecule has 1 aromatic carbocycles. The SMILES string of the molecule is Cc1ccc2c(C)c(C(=O)OC(C)(C)C)n(CCN3CCNCC3)c2c1-c1c(C)nn(C)c1C. The monoisotopic (exact) mass is 465 g/mol. The lowest BCUT2D eigenvalue weighted by atomic mass is 9.95. The first-order valence-corrected chi connectivity index (χ1v) is 12.3. The summed E-state index contributed by atoms with van der Waals surface area (Å²) in [6.45, 7) is 19.8. The van der Waals surface area contributed by atoms with Crippen LogP contribution in [0.25, 0.3) is 22.0 Å². The van der Waals surface area contributed by atoms with Crippen LogP contribution in [0.1, 0.15) is 53.8 Å². The Bertz CT molecular complexity index is 1220. The highest BCUT2D eigenvalue weighted by Crippen LogP contribution is 2.39. The van der Waals surface area contributed by atoms with Crippen molar-refractivity contribution in [1.82, 2.24) is 24.6 Å². The van der Waals surface area contributed by atoms with Gasteiger partial charge >= 0.3 is 5.97 Å². The minimum atomic E-state index is -0.557. The van der Waals surface area contributed by atoms with Gasteiger partial charge in [0, 0.05) is 68.5 Å². The Morgan fingerprint density at radius 3 is 2.32 bits per heavy atom. The van der Waals surface area contributed by atoms with Crippen molar-refractivity contribution in [2.24, 2.45) is 7.05 Å². The first-order chi connectivity index (χ1) is 16.0. The minimum Gasteiger partial charge on any atom is -0.455 e. The van der Waals surface area contributed by atoms with E-state index in [4.69, 9.17) is 9.84 Å². The fourth-order valence-corrected chi connectivity index (χ4v) is 5.16. The van der Waals surface area contributed by atoms with Crippen LogP contribution >= 0.6 is 0 Å². The molecular weight excluding hydrogens is 426 g/mol. The van der Waals surface area contributed by atoms with Gasteiger partial charge in [0.25, 0.3) is 0 Å². The number of carbonyl (C=O) groups excluding carboxylic acids is 1. The Hall–Kier alpha value is -2.64. The van der Waals surface area contributed by atoms with Crippen LogP contribution in [0.5, 0.6) is 0 Å². The highest BCUT2D eigenvalue weighted by Gasteiger charge is 2.29. The lowest BCUT2D eigenvalue weighted by Crippen LogP contribution is -2.44. The normalized spacial score (nSPS) is 15.3. The molecule has 0 saturated carbocycles. The van der Waals surface area contributed by atoms with Crippen LogP contribution in [-0.2, 0) is 18.3 Å². The molecule has 0 spiro atoms. The summed E-state index contributed by atoms with van der Waals surface area (Å²) in [5, 5.41) is 9.22. The average molecular weight is 466 g/mol. The zero-order valence-corrected chi connectivity index (χ0v) is 22.0. The van der Waals surface area contributed by atoms with Crippen LogP contribution in [0.15, 0.2) is 12.1 Å². The number of nitrogens with one attached hydrogen (secondary N) is 1. The Morgan fingerprint density at radius 2 is 1.74 bits per heavy atom. The van der Waals surface area contributed by atoms with E-state index in [0.717, 1.165) is 72.7 Å². The summed E-state index contributed by atoms with van der Waals surface area (Å²) in [6, 6.07) is 4.32. The molecule has 0 radical (unpaired) electrons. The molecule has 4 rings (SSSR count). The minimum absolute atomic E-state index is 0.259. The number of benzene rings is 1.